The van der Waals surface area contributed by atoms with Crippen LogP contribution < -0.4 is 10.2 Å². The van der Waals surface area contributed by atoms with Gasteiger partial charge < -0.3 is 14.8 Å². The summed E-state index contributed by atoms with van der Waals surface area (Å²) in [4.78, 5) is 14.9. The Morgan fingerprint density at radius 1 is 1.32 bits per heavy atom. The Hall–Kier alpha value is -2.21. The van der Waals surface area contributed by atoms with E-state index < -0.39 is 0 Å². The van der Waals surface area contributed by atoms with Gasteiger partial charge in [0.1, 0.15) is 11.6 Å². The van der Waals surface area contributed by atoms with Gasteiger partial charge in [-0.1, -0.05) is 25.1 Å². The number of carbonyl (C=O) groups excluding carboxylic acids is 1. The van der Waals surface area contributed by atoms with Crippen molar-refractivity contribution in [1.29, 1.82) is 0 Å². The molecule has 2 aliphatic heterocycles. The molecule has 0 spiro atoms. The highest BCUT2D eigenvalue weighted by Gasteiger charge is 2.30. The third-order valence-corrected chi connectivity index (χ3v) is 5.35. The Kier molecular flexibility index (Phi) is 4.29. The molecular formula is C19H25N5O. The molecule has 1 aromatic carbocycles. The van der Waals surface area contributed by atoms with E-state index in [1.54, 1.807) is 0 Å². The first-order valence-corrected chi connectivity index (χ1v) is 9.23. The first-order valence-electron chi connectivity index (χ1n) is 9.23. The van der Waals surface area contributed by atoms with E-state index in [4.69, 9.17) is 0 Å². The van der Waals surface area contributed by atoms with E-state index in [9.17, 15) is 4.79 Å². The normalized spacial score (nSPS) is 20.2. The summed E-state index contributed by atoms with van der Waals surface area (Å²) in [6.07, 6.45) is 3.74. The highest BCUT2D eigenvalue weighted by molar-refractivity contribution is 5.98. The minimum absolute atomic E-state index is 0.162. The molecule has 0 fully saturated rings. The van der Waals surface area contributed by atoms with Crippen LogP contribution in [0.2, 0.25) is 0 Å². The summed E-state index contributed by atoms with van der Waals surface area (Å²) in [5.41, 5.74) is 2.33. The maximum atomic E-state index is 12.9. The number of amides is 1. The number of hydrogen-bond acceptors (Lipinski definition) is 4. The Morgan fingerprint density at radius 3 is 3.00 bits per heavy atom. The predicted molar refractivity (Wildman–Crippen MR) is 96.6 cm³/mol. The fraction of sp³-hybridized carbons (Fsp3) is 0.526. The number of benzene rings is 1. The summed E-state index contributed by atoms with van der Waals surface area (Å²) in [6, 6.07) is 8.29. The second kappa shape index (κ2) is 6.59. The summed E-state index contributed by atoms with van der Waals surface area (Å²) >= 11 is 0. The smallest absolute Gasteiger partial charge is 0.243 e. The number of hydrogen-bond donors (Lipinski definition) is 1. The van der Waals surface area contributed by atoms with Gasteiger partial charge in [0.2, 0.25) is 5.91 Å². The van der Waals surface area contributed by atoms with Crippen molar-refractivity contribution in [2.45, 2.75) is 58.2 Å². The van der Waals surface area contributed by atoms with Crippen LogP contribution >= 0.6 is 0 Å². The van der Waals surface area contributed by atoms with Crippen LogP contribution in [0.15, 0.2) is 24.3 Å². The van der Waals surface area contributed by atoms with Gasteiger partial charge in [-0.2, -0.15) is 0 Å². The number of para-hydroxylation sites is 1. The Morgan fingerprint density at radius 2 is 2.16 bits per heavy atom. The van der Waals surface area contributed by atoms with E-state index in [1.807, 2.05) is 30.0 Å². The summed E-state index contributed by atoms with van der Waals surface area (Å²) in [6.45, 7) is 5.71. The Labute approximate surface area is 148 Å². The van der Waals surface area contributed by atoms with E-state index in [-0.39, 0.29) is 18.0 Å². The molecule has 1 N–H and O–H groups in total. The van der Waals surface area contributed by atoms with Gasteiger partial charge in [0.25, 0.3) is 0 Å². The molecule has 132 valence electrons. The van der Waals surface area contributed by atoms with Crippen molar-refractivity contribution in [3.05, 3.63) is 41.5 Å². The van der Waals surface area contributed by atoms with Crippen LogP contribution in [0, 0.1) is 0 Å². The van der Waals surface area contributed by atoms with Gasteiger partial charge in [-0.05, 0) is 31.4 Å². The van der Waals surface area contributed by atoms with Crippen LogP contribution in [0.3, 0.4) is 0 Å². The third kappa shape index (κ3) is 2.95. The average molecular weight is 339 g/mol. The van der Waals surface area contributed by atoms with Crippen molar-refractivity contribution in [2.75, 3.05) is 11.4 Å². The van der Waals surface area contributed by atoms with Gasteiger partial charge in [0, 0.05) is 37.7 Å². The van der Waals surface area contributed by atoms with Crippen molar-refractivity contribution >= 4 is 11.6 Å². The van der Waals surface area contributed by atoms with Gasteiger partial charge >= 0.3 is 0 Å². The SMILES string of the molecule is CCc1nnc2n1C[C@@H](N[C@H](C)C(=O)N1CCc3ccccc31)CC2. The van der Waals surface area contributed by atoms with Crippen molar-refractivity contribution < 1.29 is 4.79 Å². The lowest BCUT2D eigenvalue weighted by Crippen LogP contribution is -2.50. The van der Waals surface area contributed by atoms with Crippen molar-refractivity contribution in [3.63, 3.8) is 0 Å². The van der Waals surface area contributed by atoms with Gasteiger partial charge in [-0.15, -0.1) is 10.2 Å². The number of nitrogens with zero attached hydrogens (tertiary/aromatic N) is 4. The molecule has 6 heteroatoms. The average Bonchev–Trinajstić information content (AvgIpc) is 3.24. The zero-order valence-electron chi connectivity index (χ0n) is 14.9. The number of fused-ring (bicyclic) bond motifs is 2. The zero-order valence-corrected chi connectivity index (χ0v) is 14.9. The van der Waals surface area contributed by atoms with Crippen LogP contribution in [-0.4, -0.2) is 39.3 Å². The van der Waals surface area contributed by atoms with Crippen molar-refractivity contribution in [3.8, 4) is 0 Å². The summed E-state index contributed by atoms with van der Waals surface area (Å²) < 4.78 is 2.21. The fourth-order valence-electron chi connectivity index (χ4n) is 4.01. The molecule has 25 heavy (non-hydrogen) atoms. The van der Waals surface area contributed by atoms with E-state index in [0.717, 1.165) is 56.1 Å². The molecule has 0 saturated carbocycles. The molecule has 1 amide bonds. The van der Waals surface area contributed by atoms with Crippen LogP contribution in [0.5, 0.6) is 0 Å². The first-order chi connectivity index (χ1) is 12.2. The second-order valence-electron chi connectivity index (χ2n) is 6.99. The number of anilines is 1. The van der Waals surface area contributed by atoms with Gasteiger partial charge in [0.15, 0.2) is 0 Å². The fourth-order valence-corrected chi connectivity index (χ4v) is 4.01. The molecule has 0 unspecified atom stereocenters. The molecule has 0 aliphatic carbocycles. The third-order valence-electron chi connectivity index (χ3n) is 5.35. The standard InChI is InChI=1S/C19H25N5O/c1-3-17-21-22-18-9-8-15(12-24(17)18)20-13(2)19(25)23-11-10-14-6-4-5-7-16(14)23/h4-7,13,15,20H,3,8-12H2,1-2H3/t13-,15+/m1/s1. The maximum absolute atomic E-state index is 12.9. The summed E-state index contributed by atoms with van der Waals surface area (Å²) in [5, 5.41) is 12.1. The van der Waals surface area contributed by atoms with Crippen molar-refractivity contribution in [1.82, 2.24) is 20.1 Å². The van der Waals surface area contributed by atoms with Crippen molar-refractivity contribution in [2.24, 2.45) is 0 Å². The van der Waals surface area contributed by atoms with E-state index in [2.05, 4.69) is 33.1 Å². The molecular weight excluding hydrogens is 314 g/mol. The number of aryl methyl sites for hydroxylation is 2. The lowest BCUT2D eigenvalue weighted by atomic mass is 10.1. The quantitative estimate of drug-likeness (QED) is 0.921. The Bertz CT molecular complexity index is 770. The molecule has 2 atom stereocenters. The van der Waals surface area contributed by atoms with Crippen LogP contribution in [0.25, 0.3) is 0 Å². The van der Waals surface area contributed by atoms with Gasteiger partial charge in [0.05, 0.1) is 6.04 Å². The topological polar surface area (TPSA) is 63.1 Å². The largest absolute Gasteiger partial charge is 0.313 e. The lowest BCUT2D eigenvalue weighted by molar-refractivity contribution is -0.120. The number of nitrogens with one attached hydrogen (secondary N) is 1. The minimum Gasteiger partial charge on any atom is -0.313 e. The molecule has 2 aliphatic rings. The molecule has 0 bridgehead atoms. The zero-order chi connectivity index (χ0) is 17.4. The summed E-state index contributed by atoms with van der Waals surface area (Å²) in [5.74, 6) is 2.27. The molecule has 0 radical (unpaired) electrons. The molecule has 1 aromatic heterocycles. The molecule has 6 nitrogen and oxygen atoms in total. The first kappa shape index (κ1) is 16.3. The van der Waals surface area contributed by atoms with E-state index >= 15 is 0 Å². The van der Waals surface area contributed by atoms with Gasteiger partial charge in [-0.3, -0.25) is 4.79 Å². The second-order valence-corrected chi connectivity index (χ2v) is 6.99. The molecule has 0 saturated heterocycles. The van der Waals surface area contributed by atoms with E-state index in [0.29, 0.717) is 0 Å². The van der Waals surface area contributed by atoms with Crippen LogP contribution in [0.4, 0.5) is 5.69 Å². The summed E-state index contributed by atoms with van der Waals surface area (Å²) in [7, 11) is 0. The number of carbonyl (C=O) groups is 1. The maximum Gasteiger partial charge on any atom is 0.243 e. The highest BCUT2D eigenvalue weighted by atomic mass is 16.2. The monoisotopic (exact) mass is 339 g/mol. The molecule has 2 aromatic rings. The minimum atomic E-state index is -0.195. The number of aromatic nitrogens is 3. The Balaban J connectivity index is 1.43. The van der Waals surface area contributed by atoms with Crippen LogP contribution in [0.1, 0.15) is 37.5 Å². The number of rotatable bonds is 4. The van der Waals surface area contributed by atoms with E-state index in [1.165, 1.54) is 5.56 Å². The molecule has 4 rings (SSSR count). The predicted octanol–water partition coefficient (Wildman–Crippen LogP) is 1.72. The highest BCUT2D eigenvalue weighted by Crippen LogP contribution is 2.28. The van der Waals surface area contributed by atoms with Gasteiger partial charge in [-0.25, -0.2) is 0 Å². The molecule has 3 heterocycles. The lowest BCUT2D eigenvalue weighted by Gasteiger charge is -2.29. The van der Waals surface area contributed by atoms with Crippen LogP contribution in [-0.2, 0) is 30.6 Å².